The molecule has 0 radical (unpaired) electrons. The van der Waals surface area contributed by atoms with Crippen LogP contribution >= 0.6 is 0 Å². The quantitative estimate of drug-likeness (QED) is 0.574. The molecule has 0 aromatic heterocycles. The van der Waals surface area contributed by atoms with E-state index in [-0.39, 0.29) is 16.2 Å². The Morgan fingerprint density at radius 1 is 0.962 bits per heavy atom. The molecule has 1 aliphatic heterocycles. The van der Waals surface area contributed by atoms with Gasteiger partial charge in [0.1, 0.15) is 0 Å². The average Bonchev–Trinajstić information content (AvgIpc) is 2.97. The van der Waals surface area contributed by atoms with Gasteiger partial charge in [0.2, 0.25) is 0 Å². The van der Waals surface area contributed by atoms with Crippen LogP contribution in [0.15, 0.2) is 42.0 Å². The number of fused-ring (bicyclic) bond motifs is 3. The molecule has 1 nitrogen and oxygen atoms in total. The lowest BCUT2D eigenvalue weighted by atomic mass is 9.68. The van der Waals surface area contributed by atoms with E-state index in [0.29, 0.717) is 6.04 Å². The fourth-order valence-electron chi connectivity index (χ4n) is 4.62. The zero-order chi connectivity index (χ0) is 19.2. The molecule has 1 aromatic rings. The molecule has 0 amide bonds. The first-order valence-corrected chi connectivity index (χ1v) is 10.6. The summed E-state index contributed by atoms with van der Waals surface area (Å²) in [6.45, 7) is 16.4. The van der Waals surface area contributed by atoms with Gasteiger partial charge in [0.25, 0.3) is 0 Å². The van der Waals surface area contributed by atoms with E-state index < -0.39 is 0 Å². The van der Waals surface area contributed by atoms with Crippen molar-refractivity contribution >= 4 is 5.69 Å². The smallest absolute Gasteiger partial charge is 0.0580 e. The van der Waals surface area contributed by atoms with Crippen molar-refractivity contribution in [3.63, 3.8) is 0 Å². The Morgan fingerprint density at radius 2 is 1.58 bits per heavy atom. The zero-order valence-electron chi connectivity index (χ0n) is 17.9. The summed E-state index contributed by atoms with van der Waals surface area (Å²) in [6, 6.07) is 7.53. The summed E-state index contributed by atoms with van der Waals surface area (Å²) in [5.41, 5.74) is 6.36. The fraction of sp³-hybridized carbons (Fsp3) is 0.600. The monoisotopic (exact) mass is 351 g/mol. The van der Waals surface area contributed by atoms with Crippen LogP contribution in [-0.2, 0) is 10.8 Å². The van der Waals surface area contributed by atoms with Crippen molar-refractivity contribution in [3.05, 3.63) is 53.1 Å². The number of allylic oxidation sites excluding steroid dienone is 2. The van der Waals surface area contributed by atoms with E-state index >= 15 is 0 Å². The Balaban J connectivity index is 1.99. The lowest BCUT2D eigenvalue weighted by Crippen LogP contribution is -2.36. The average molecular weight is 352 g/mol. The predicted molar refractivity (Wildman–Crippen MR) is 115 cm³/mol. The third-order valence-electron chi connectivity index (χ3n) is 8.03. The van der Waals surface area contributed by atoms with Gasteiger partial charge in [-0.3, -0.25) is 0 Å². The van der Waals surface area contributed by atoms with E-state index in [1.807, 2.05) is 0 Å². The maximum absolute atomic E-state index is 3.86. The van der Waals surface area contributed by atoms with Gasteiger partial charge in [-0.15, -0.1) is 0 Å². The molecule has 0 saturated carbocycles. The number of rotatable bonds is 6. The second-order valence-electron chi connectivity index (χ2n) is 9.16. The zero-order valence-corrected chi connectivity index (χ0v) is 17.9. The lowest BCUT2D eigenvalue weighted by Gasteiger charge is -2.36. The summed E-state index contributed by atoms with van der Waals surface area (Å²) in [5, 5.41) is 3.86. The summed E-state index contributed by atoms with van der Waals surface area (Å²) in [6.07, 6.45) is 12.1. The van der Waals surface area contributed by atoms with Crippen molar-refractivity contribution in [1.82, 2.24) is 0 Å². The van der Waals surface area contributed by atoms with Crippen molar-refractivity contribution in [1.29, 1.82) is 0 Å². The molecule has 0 bridgehead atoms. The van der Waals surface area contributed by atoms with E-state index in [9.17, 15) is 0 Å². The molecule has 1 aromatic carbocycles. The van der Waals surface area contributed by atoms with Crippen LogP contribution in [0, 0.1) is 5.41 Å². The maximum atomic E-state index is 3.86. The van der Waals surface area contributed by atoms with Crippen LogP contribution in [0.5, 0.6) is 0 Å². The molecule has 1 heterocycles. The van der Waals surface area contributed by atoms with Gasteiger partial charge >= 0.3 is 0 Å². The van der Waals surface area contributed by atoms with Crippen LogP contribution in [-0.4, -0.2) is 6.04 Å². The first-order chi connectivity index (χ1) is 12.3. The van der Waals surface area contributed by atoms with E-state index in [1.165, 1.54) is 48.1 Å². The van der Waals surface area contributed by atoms with Gasteiger partial charge in [-0.25, -0.2) is 0 Å². The van der Waals surface area contributed by atoms with Gasteiger partial charge in [0, 0.05) is 11.1 Å². The van der Waals surface area contributed by atoms with Crippen molar-refractivity contribution in [2.45, 2.75) is 91.0 Å². The van der Waals surface area contributed by atoms with E-state index in [1.54, 1.807) is 0 Å². The van der Waals surface area contributed by atoms with Crippen LogP contribution in [0.2, 0.25) is 0 Å². The third-order valence-corrected chi connectivity index (χ3v) is 8.03. The van der Waals surface area contributed by atoms with E-state index in [2.05, 4.69) is 90.2 Å². The number of anilines is 1. The Morgan fingerprint density at radius 3 is 2.15 bits per heavy atom. The van der Waals surface area contributed by atoms with E-state index in [4.69, 9.17) is 0 Å². The standard InChI is InChI=1S/C25H37N/c1-8-23(5,9-2)18-12-13-20-21(16-18)26-22-17-19(14-15-25(20,22)7)24(6,10-3)11-4/h12-17,22,26H,8-11H2,1-7H3. The molecule has 0 fully saturated rings. The molecule has 2 unspecified atom stereocenters. The lowest BCUT2D eigenvalue weighted by molar-refractivity contribution is 0.369. The molecule has 0 spiro atoms. The molecule has 1 heteroatoms. The summed E-state index contributed by atoms with van der Waals surface area (Å²) in [7, 11) is 0. The molecular weight excluding hydrogens is 314 g/mol. The van der Waals surface area contributed by atoms with Crippen LogP contribution in [0.3, 0.4) is 0 Å². The summed E-state index contributed by atoms with van der Waals surface area (Å²) < 4.78 is 0. The molecule has 0 saturated heterocycles. The van der Waals surface area contributed by atoms with Gasteiger partial charge in [-0.2, -0.15) is 0 Å². The Hall–Kier alpha value is -1.50. The molecule has 2 atom stereocenters. The maximum Gasteiger partial charge on any atom is 0.0580 e. The number of hydrogen-bond acceptors (Lipinski definition) is 1. The molecule has 26 heavy (non-hydrogen) atoms. The first-order valence-electron chi connectivity index (χ1n) is 10.6. The molecule has 3 rings (SSSR count). The van der Waals surface area contributed by atoms with Crippen LogP contribution in [0.25, 0.3) is 0 Å². The highest BCUT2D eigenvalue weighted by Gasteiger charge is 2.43. The number of hydrogen-bond donors (Lipinski definition) is 1. The normalized spacial score (nSPS) is 24.7. The van der Waals surface area contributed by atoms with Crippen molar-refractivity contribution in [3.8, 4) is 0 Å². The number of nitrogens with one attached hydrogen (secondary N) is 1. The van der Waals surface area contributed by atoms with Gasteiger partial charge < -0.3 is 5.32 Å². The van der Waals surface area contributed by atoms with Gasteiger partial charge in [0.15, 0.2) is 0 Å². The van der Waals surface area contributed by atoms with Gasteiger partial charge in [-0.05, 0) is 66.2 Å². The minimum atomic E-state index is 0.0641. The largest absolute Gasteiger partial charge is 0.377 e. The van der Waals surface area contributed by atoms with Crippen LogP contribution in [0.4, 0.5) is 5.69 Å². The van der Waals surface area contributed by atoms with Gasteiger partial charge in [0.05, 0.1) is 6.04 Å². The van der Waals surface area contributed by atoms with Crippen LogP contribution < -0.4 is 5.32 Å². The highest BCUT2D eigenvalue weighted by atomic mass is 15.0. The highest BCUT2D eigenvalue weighted by molar-refractivity contribution is 5.68. The van der Waals surface area contributed by atoms with Crippen molar-refractivity contribution in [2.24, 2.45) is 5.41 Å². The predicted octanol–water partition coefficient (Wildman–Crippen LogP) is 7.14. The summed E-state index contributed by atoms with van der Waals surface area (Å²) in [4.78, 5) is 0. The van der Waals surface area contributed by atoms with E-state index in [0.717, 1.165) is 0 Å². The fourth-order valence-corrected chi connectivity index (χ4v) is 4.62. The first kappa shape index (κ1) is 19.3. The van der Waals surface area contributed by atoms with Crippen molar-refractivity contribution < 1.29 is 0 Å². The Kier molecular flexibility index (Phi) is 4.88. The SMILES string of the molecule is CCC(C)(CC)C1=CC2Nc3cc(C(C)(CC)CC)ccc3C2(C)C=C1. The highest BCUT2D eigenvalue weighted by Crippen LogP contribution is 2.49. The Labute approximate surface area is 161 Å². The Bertz CT molecular complexity index is 731. The second kappa shape index (κ2) is 6.59. The molecule has 142 valence electrons. The summed E-state index contributed by atoms with van der Waals surface area (Å²) in [5.74, 6) is 0. The topological polar surface area (TPSA) is 12.0 Å². The second-order valence-corrected chi connectivity index (χ2v) is 9.16. The molecular formula is C25H37N. The molecule has 1 aliphatic carbocycles. The van der Waals surface area contributed by atoms with Crippen molar-refractivity contribution in [2.75, 3.05) is 5.32 Å². The van der Waals surface area contributed by atoms with Crippen LogP contribution in [0.1, 0.15) is 85.3 Å². The summed E-state index contributed by atoms with van der Waals surface area (Å²) >= 11 is 0. The third kappa shape index (κ3) is 2.75. The minimum absolute atomic E-state index is 0.0641. The van der Waals surface area contributed by atoms with Gasteiger partial charge in [-0.1, -0.05) is 71.9 Å². The minimum Gasteiger partial charge on any atom is -0.377 e. The molecule has 2 aliphatic rings. The molecule has 1 N–H and O–H groups in total. The number of benzene rings is 1.